The maximum Gasteiger partial charge on any atom is 0.339 e. The Morgan fingerprint density at radius 1 is 0.906 bits per heavy atom. The van der Waals surface area contributed by atoms with Gasteiger partial charge in [0.1, 0.15) is 22.1 Å². The van der Waals surface area contributed by atoms with Crippen LogP contribution in [0.1, 0.15) is 11.1 Å². The normalized spacial score (nSPS) is 11.2. The van der Waals surface area contributed by atoms with Crippen molar-refractivity contribution in [3.63, 3.8) is 0 Å². The van der Waals surface area contributed by atoms with Gasteiger partial charge in [-0.05, 0) is 48.0 Å². The molecule has 3 aromatic rings. The van der Waals surface area contributed by atoms with Crippen LogP contribution in [-0.4, -0.2) is 34.8 Å². The topological polar surface area (TPSA) is 103 Å². The molecule has 0 bridgehead atoms. The highest BCUT2D eigenvalue weighted by Crippen LogP contribution is 2.24. The number of benzene rings is 3. The first-order valence-electron chi connectivity index (χ1n) is 9.53. The smallest absolute Gasteiger partial charge is 0.339 e. The van der Waals surface area contributed by atoms with Gasteiger partial charge in [-0.15, -0.1) is 0 Å². The van der Waals surface area contributed by atoms with Crippen molar-refractivity contribution in [2.45, 2.75) is 11.3 Å². The summed E-state index contributed by atoms with van der Waals surface area (Å²) in [4.78, 5) is 12.1. The van der Waals surface area contributed by atoms with E-state index in [4.69, 9.17) is 13.7 Å². The number of carbonyl (C=O) groups is 1. The Hall–Kier alpha value is -3.85. The lowest BCUT2D eigenvalue weighted by molar-refractivity contribution is -0.120. The Morgan fingerprint density at radius 2 is 1.59 bits per heavy atom. The SMILES string of the molecule is COc1cccc(CC(=O)N/N=C/c2cc(OC)ccc2S(=O)(=O)Oc2ccccc2)c1. The van der Waals surface area contributed by atoms with Crippen LogP contribution in [0.2, 0.25) is 0 Å². The van der Waals surface area contributed by atoms with Crippen LogP contribution in [0.3, 0.4) is 0 Å². The Kier molecular flexibility index (Phi) is 7.45. The summed E-state index contributed by atoms with van der Waals surface area (Å²) >= 11 is 0. The molecular weight excluding hydrogens is 432 g/mol. The first-order valence-corrected chi connectivity index (χ1v) is 10.9. The quantitative estimate of drug-likeness (QED) is 0.303. The fourth-order valence-corrected chi connectivity index (χ4v) is 3.90. The van der Waals surface area contributed by atoms with E-state index in [9.17, 15) is 13.2 Å². The summed E-state index contributed by atoms with van der Waals surface area (Å²) in [7, 11) is -1.14. The average Bonchev–Trinajstić information content (AvgIpc) is 2.79. The summed E-state index contributed by atoms with van der Waals surface area (Å²) in [6.07, 6.45) is 1.31. The van der Waals surface area contributed by atoms with Crippen LogP contribution < -0.4 is 19.1 Å². The molecule has 0 saturated carbocycles. The third-order valence-electron chi connectivity index (χ3n) is 4.33. The number of hydrogen-bond donors (Lipinski definition) is 1. The molecule has 0 heterocycles. The van der Waals surface area contributed by atoms with E-state index in [2.05, 4.69) is 10.5 Å². The monoisotopic (exact) mass is 454 g/mol. The molecule has 0 fully saturated rings. The summed E-state index contributed by atoms with van der Waals surface area (Å²) in [6.45, 7) is 0. The summed E-state index contributed by atoms with van der Waals surface area (Å²) in [5, 5.41) is 3.91. The van der Waals surface area contributed by atoms with Crippen LogP contribution in [0.25, 0.3) is 0 Å². The third-order valence-corrected chi connectivity index (χ3v) is 5.65. The molecular formula is C23H22N2O6S. The molecule has 0 radical (unpaired) electrons. The van der Waals surface area contributed by atoms with Gasteiger partial charge in [0.2, 0.25) is 5.91 Å². The van der Waals surface area contributed by atoms with Gasteiger partial charge in [-0.2, -0.15) is 13.5 Å². The van der Waals surface area contributed by atoms with E-state index in [1.165, 1.54) is 43.7 Å². The molecule has 32 heavy (non-hydrogen) atoms. The maximum atomic E-state index is 12.8. The molecule has 0 aromatic heterocycles. The highest BCUT2D eigenvalue weighted by molar-refractivity contribution is 7.87. The number of methoxy groups -OCH3 is 2. The zero-order chi connectivity index (χ0) is 23.0. The standard InChI is InChI=1S/C23H22N2O6S/c1-29-20-10-6-7-17(13-20)14-23(26)25-24-16-18-15-21(30-2)11-12-22(18)32(27,28)31-19-8-4-3-5-9-19/h3-13,15-16H,14H2,1-2H3,(H,25,26)/b24-16+. The fourth-order valence-electron chi connectivity index (χ4n) is 2.81. The molecule has 0 saturated heterocycles. The average molecular weight is 455 g/mol. The van der Waals surface area contributed by atoms with E-state index in [0.29, 0.717) is 11.5 Å². The number of hydrogen-bond acceptors (Lipinski definition) is 7. The molecule has 1 amide bonds. The van der Waals surface area contributed by atoms with Gasteiger partial charge in [0.05, 0.1) is 26.9 Å². The number of nitrogens with zero attached hydrogens (tertiary/aromatic N) is 1. The van der Waals surface area contributed by atoms with Gasteiger partial charge in [-0.3, -0.25) is 4.79 Å². The number of nitrogens with one attached hydrogen (secondary N) is 1. The molecule has 0 unspecified atom stereocenters. The van der Waals surface area contributed by atoms with E-state index >= 15 is 0 Å². The first-order chi connectivity index (χ1) is 15.4. The Morgan fingerprint density at radius 3 is 2.31 bits per heavy atom. The van der Waals surface area contributed by atoms with Gasteiger partial charge in [-0.25, -0.2) is 5.43 Å². The summed E-state index contributed by atoms with van der Waals surface area (Å²) in [5.74, 6) is 0.872. The molecule has 3 rings (SSSR count). The zero-order valence-electron chi connectivity index (χ0n) is 17.5. The lowest BCUT2D eigenvalue weighted by atomic mass is 10.1. The number of para-hydroxylation sites is 1. The van der Waals surface area contributed by atoms with Crippen LogP contribution in [0.5, 0.6) is 17.2 Å². The third kappa shape index (κ3) is 6.08. The highest BCUT2D eigenvalue weighted by Gasteiger charge is 2.21. The van der Waals surface area contributed by atoms with Crippen LogP contribution in [-0.2, 0) is 21.3 Å². The molecule has 166 valence electrons. The minimum absolute atomic E-state index is 0.0783. The number of ether oxygens (including phenoxy) is 2. The molecule has 0 atom stereocenters. The summed E-state index contributed by atoms with van der Waals surface area (Å²) < 4.78 is 41.1. The van der Waals surface area contributed by atoms with Crippen LogP contribution in [0.15, 0.2) is 82.8 Å². The number of hydrazone groups is 1. The second-order valence-electron chi connectivity index (χ2n) is 6.58. The van der Waals surface area contributed by atoms with E-state index in [-0.39, 0.29) is 28.5 Å². The molecule has 0 aliphatic carbocycles. The van der Waals surface area contributed by atoms with Gasteiger partial charge in [0.25, 0.3) is 0 Å². The Bertz CT molecular complexity index is 1210. The van der Waals surface area contributed by atoms with Crippen molar-refractivity contribution >= 4 is 22.2 Å². The number of carbonyl (C=O) groups excluding carboxylic acids is 1. The van der Waals surface area contributed by atoms with Crippen molar-refractivity contribution in [1.29, 1.82) is 0 Å². The summed E-state index contributed by atoms with van der Waals surface area (Å²) in [5.41, 5.74) is 3.34. The van der Waals surface area contributed by atoms with E-state index < -0.39 is 10.1 Å². The van der Waals surface area contributed by atoms with Crippen molar-refractivity contribution in [2.24, 2.45) is 5.10 Å². The van der Waals surface area contributed by atoms with Crippen LogP contribution in [0.4, 0.5) is 0 Å². The zero-order valence-corrected chi connectivity index (χ0v) is 18.3. The molecule has 3 aromatic carbocycles. The second-order valence-corrected chi connectivity index (χ2v) is 8.09. The van der Waals surface area contributed by atoms with Crippen molar-refractivity contribution in [2.75, 3.05) is 14.2 Å². The first kappa shape index (κ1) is 22.8. The van der Waals surface area contributed by atoms with Gasteiger partial charge >= 0.3 is 10.1 Å². The molecule has 0 spiro atoms. The van der Waals surface area contributed by atoms with Crippen molar-refractivity contribution < 1.29 is 26.9 Å². The maximum absolute atomic E-state index is 12.8. The lowest BCUT2D eigenvalue weighted by Gasteiger charge is -2.10. The second kappa shape index (κ2) is 10.5. The van der Waals surface area contributed by atoms with E-state index in [1.54, 1.807) is 49.6 Å². The van der Waals surface area contributed by atoms with Crippen LogP contribution in [0, 0.1) is 0 Å². The predicted molar refractivity (Wildman–Crippen MR) is 120 cm³/mol. The Balaban J connectivity index is 1.77. The molecule has 1 N–H and O–H groups in total. The highest BCUT2D eigenvalue weighted by atomic mass is 32.2. The van der Waals surface area contributed by atoms with E-state index in [1.807, 2.05) is 0 Å². The lowest BCUT2D eigenvalue weighted by Crippen LogP contribution is -2.20. The fraction of sp³-hybridized carbons (Fsp3) is 0.130. The van der Waals surface area contributed by atoms with Crippen LogP contribution >= 0.6 is 0 Å². The molecule has 8 nitrogen and oxygen atoms in total. The van der Waals surface area contributed by atoms with E-state index in [0.717, 1.165) is 5.56 Å². The summed E-state index contributed by atoms with van der Waals surface area (Å²) in [6, 6.07) is 19.6. The number of amides is 1. The largest absolute Gasteiger partial charge is 0.497 e. The minimum atomic E-state index is -4.15. The van der Waals surface area contributed by atoms with Gasteiger partial charge in [0.15, 0.2) is 0 Å². The molecule has 9 heteroatoms. The molecule has 0 aliphatic rings. The Labute approximate surface area is 186 Å². The molecule has 0 aliphatic heterocycles. The van der Waals surface area contributed by atoms with Crippen molar-refractivity contribution in [3.8, 4) is 17.2 Å². The van der Waals surface area contributed by atoms with Gasteiger partial charge in [-0.1, -0.05) is 30.3 Å². The van der Waals surface area contributed by atoms with Gasteiger partial charge in [0, 0.05) is 5.56 Å². The minimum Gasteiger partial charge on any atom is -0.497 e. The number of rotatable bonds is 9. The van der Waals surface area contributed by atoms with Crippen molar-refractivity contribution in [3.05, 3.63) is 83.9 Å². The predicted octanol–water partition coefficient (Wildman–Crippen LogP) is 3.16. The van der Waals surface area contributed by atoms with Crippen molar-refractivity contribution in [1.82, 2.24) is 5.43 Å². The van der Waals surface area contributed by atoms with Gasteiger partial charge < -0.3 is 13.7 Å².